The second-order valence-corrected chi connectivity index (χ2v) is 6.23. The number of rotatable bonds is 5. The predicted octanol–water partition coefficient (Wildman–Crippen LogP) is 2.00. The Kier molecular flexibility index (Phi) is 5.12. The molecule has 5 nitrogen and oxygen atoms in total. The number of carboxylic acid groups (broad SMARTS) is 1. The summed E-state index contributed by atoms with van der Waals surface area (Å²) >= 11 is 1.47. The molecule has 21 heavy (non-hydrogen) atoms. The Morgan fingerprint density at radius 1 is 1.48 bits per heavy atom. The van der Waals surface area contributed by atoms with Crippen LogP contribution in [0.2, 0.25) is 0 Å². The van der Waals surface area contributed by atoms with Gasteiger partial charge in [-0.25, -0.2) is 4.79 Å². The first-order valence-electron chi connectivity index (χ1n) is 6.90. The van der Waals surface area contributed by atoms with Crippen molar-refractivity contribution in [1.82, 2.24) is 4.90 Å². The van der Waals surface area contributed by atoms with Gasteiger partial charge in [0.25, 0.3) is 5.91 Å². The van der Waals surface area contributed by atoms with Crippen LogP contribution in [0, 0.1) is 0 Å². The SMILES string of the molecule is CCc1cccc(OCC(=O)N2C(C)SCC2C(=O)O)c1. The first-order chi connectivity index (χ1) is 10.0. The highest BCUT2D eigenvalue weighted by Gasteiger charge is 2.39. The van der Waals surface area contributed by atoms with E-state index in [-0.39, 0.29) is 17.9 Å². The van der Waals surface area contributed by atoms with Crippen molar-refractivity contribution in [2.24, 2.45) is 0 Å². The zero-order chi connectivity index (χ0) is 15.4. The van der Waals surface area contributed by atoms with Crippen molar-refractivity contribution in [2.45, 2.75) is 31.7 Å². The highest BCUT2D eigenvalue weighted by Crippen LogP contribution is 2.29. The number of aliphatic carboxylic acids is 1. The van der Waals surface area contributed by atoms with E-state index in [2.05, 4.69) is 0 Å². The number of aryl methyl sites for hydroxylation is 1. The molecule has 1 aliphatic rings. The monoisotopic (exact) mass is 309 g/mol. The van der Waals surface area contributed by atoms with E-state index in [1.54, 1.807) is 6.07 Å². The van der Waals surface area contributed by atoms with E-state index in [0.29, 0.717) is 11.5 Å². The van der Waals surface area contributed by atoms with E-state index in [0.717, 1.165) is 12.0 Å². The van der Waals surface area contributed by atoms with Gasteiger partial charge in [-0.2, -0.15) is 0 Å². The first kappa shape index (κ1) is 15.7. The summed E-state index contributed by atoms with van der Waals surface area (Å²) in [5.41, 5.74) is 1.13. The molecule has 1 aliphatic heterocycles. The van der Waals surface area contributed by atoms with E-state index in [1.165, 1.54) is 16.7 Å². The smallest absolute Gasteiger partial charge is 0.327 e. The highest BCUT2D eigenvalue weighted by atomic mass is 32.2. The minimum absolute atomic E-state index is 0.135. The second-order valence-electron chi connectivity index (χ2n) is 4.88. The van der Waals surface area contributed by atoms with Crippen LogP contribution in [0.3, 0.4) is 0 Å². The fourth-order valence-corrected chi connectivity index (χ4v) is 3.48. The molecule has 1 fully saturated rings. The van der Waals surface area contributed by atoms with Crippen molar-refractivity contribution in [2.75, 3.05) is 12.4 Å². The number of benzene rings is 1. The van der Waals surface area contributed by atoms with Crippen molar-refractivity contribution >= 4 is 23.6 Å². The lowest BCUT2D eigenvalue weighted by Gasteiger charge is -2.24. The fraction of sp³-hybridized carbons (Fsp3) is 0.467. The van der Waals surface area contributed by atoms with Gasteiger partial charge in [0.2, 0.25) is 0 Å². The normalized spacial score (nSPS) is 21.3. The molecule has 0 saturated carbocycles. The summed E-state index contributed by atoms with van der Waals surface area (Å²) in [6.07, 6.45) is 0.895. The van der Waals surface area contributed by atoms with Crippen molar-refractivity contribution in [3.8, 4) is 5.75 Å². The Bertz CT molecular complexity index is 534. The molecular formula is C15H19NO4S. The molecule has 6 heteroatoms. The van der Waals surface area contributed by atoms with Gasteiger partial charge in [0.1, 0.15) is 11.8 Å². The van der Waals surface area contributed by atoms with Crippen LogP contribution in [0.5, 0.6) is 5.75 Å². The number of hydrogen-bond donors (Lipinski definition) is 1. The number of carbonyl (C=O) groups excluding carboxylic acids is 1. The van der Waals surface area contributed by atoms with Crippen molar-refractivity contribution < 1.29 is 19.4 Å². The predicted molar refractivity (Wildman–Crippen MR) is 81.5 cm³/mol. The molecule has 1 heterocycles. The van der Waals surface area contributed by atoms with Crippen LogP contribution in [0.25, 0.3) is 0 Å². The van der Waals surface area contributed by atoms with Crippen LogP contribution in [0.4, 0.5) is 0 Å². The van der Waals surface area contributed by atoms with Crippen molar-refractivity contribution in [3.63, 3.8) is 0 Å². The fourth-order valence-electron chi connectivity index (χ4n) is 2.29. The van der Waals surface area contributed by atoms with E-state index < -0.39 is 12.0 Å². The average Bonchev–Trinajstić information content (AvgIpc) is 2.87. The minimum Gasteiger partial charge on any atom is -0.484 e. The Morgan fingerprint density at radius 3 is 2.90 bits per heavy atom. The first-order valence-corrected chi connectivity index (χ1v) is 7.95. The maximum Gasteiger partial charge on any atom is 0.327 e. The third kappa shape index (κ3) is 3.69. The molecule has 1 amide bonds. The summed E-state index contributed by atoms with van der Waals surface area (Å²) in [6, 6.07) is 6.80. The lowest BCUT2D eigenvalue weighted by molar-refractivity contribution is -0.149. The molecule has 114 valence electrons. The van der Waals surface area contributed by atoms with Crippen LogP contribution >= 0.6 is 11.8 Å². The molecule has 2 atom stereocenters. The number of ether oxygens (including phenoxy) is 1. The standard InChI is InChI=1S/C15H19NO4S/c1-3-11-5-4-6-12(7-11)20-8-14(17)16-10(2)21-9-13(16)15(18)19/h4-7,10,13H,3,8-9H2,1-2H3,(H,18,19). The van der Waals surface area contributed by atoms with Gasteiger partial charge in [-0.15, -0.1) is 11.8 Å². The molecule has 1 aromatic rings. The van der Waals surface area contributed by atoms with Gasteiger partial charge in [-0.3, -0.25) is 4.79 Å². The highest BCUT2D eigenvalue weighted by molar-refractivity contribution is 8.00. The largest absolute Gasteiger partial charge is 0.484 e. The third-order valence-corrected chi connectivity index (χ3v) is 4.68. The maximum absolute atomic E-state index is 12.2. The van der Waals surface area contributed by atoms with Gasteiger partial charge in [0.15, 0.2) is 6.61 Å². The van der Waals surface area contributed by atoms with Crippen LogP contribution in [0.15, 0.2) is 24.3 Å². The lowest BCUT2D eigenvalue weighted by atomic mass is 10.2. The quantitative estimate of drug-likeness (QED) is 0.901. The van der Waals surface area contributed by atoms with E-state index >= 15 is 0 Å². The second kappa shape index (κ2) is 6.85. The van der Waals surface area contributed by atoms with E-state index in [4.69, 9.17) is 9.84 Å². The van der Waals surface area contributed by atoms with Crippen LogP contribution in [-0.4, -0.2) is 45.7 Å². The molecule has 0 aliphatic carbocycles. The number of thioether (sulfide) groups is 1. The summed E-state index contributed by atoms with van der Waals surface area (Å²) in [6.45, 7) is 3.75. The number of carbonyl (C=O) groups is 2. The number of amides is 1. The topological polar surface area (TPSA) is 66.8 Å². The summed E-state index contributed by atoms with van der Waals surface area (Å²) in [5.74, 6) is -0.197. The Hall–Kier alpha value is -1.69. The average molecular weight is 309 g/mol. The molecule has 0 aromatic heterocycles. The zero-order valence-electron chi connectivity index (χ0n) is 12.1. The maximum atomic E-state index is 12.2. The van der Waals surface area contributed by atoms with E-state index in [1.807, 2.05) is 32.0 Å². The molecule has 2 unspecified atom stereocenters. The van der Waals surface area contributed by atoms with Gasteiger partial charge in [-0.1, -0.05) is 19.1 Å². The summed E-state index contributed by atoms with van der Waals surface area (Å²) in [4.78, 5) is 24.8. The third-order valence-electron chi connectivity index (χ3n) is 3.46. The molecule has 1 saturated heterocycles. The van der Waals surface area contributed by atoms with Crippen LogP contribution in [-0.2, 0) is 16.0 Å². The zero-order valence-corrected chi connectivity index (χ0v) is 12.9. The van der Waals surface area contributed by atoms with Gasteiger partial charge in [0, 0.05) is 5.75 Å². The molecular weight excluding hydrogens is 290 g/mol. The Balaban J connectivity index is 1.98. The van der Waals surface area contributed by atoms with Crippen LogP contribution < -0.4 is 4.74 Å². The summed E-state index contributed by atoms with van der Waals surface area (Å²) in [7, 11) is 0. The molecule has 0 radical (unpaired) electrons. The van der Waals surface area contributed by atoms with Crippen LogP contribution in [0.1, 0.15) is 19.4 Å². The van der Waals surface area contributed by atoms with E-state index in [9.17, 15) is 9.59 Å². The number of carboxylic acids is 1. The summed E-state index contributed by atoms with van der Waals surface area (Å²) in [5, 5.41) is 9.02. The molecule has 0 spiro atoms. The van der Waals surface area contributed by atoms with Gasteiger partial charge < -0.3 is 14.7 Å². The number of nitrogens with zero attached hydrogens (tertiary/aromatic N) is 1. The minimum atomic E-state index is -0.965. The van der Waals surface area contributed by atoms with Gasteiger partial charge >= 0.3 is 5.97 Å². The molecule has 2 rings (SSSR count). The molecule has 1 N–H and O–H groups in total. The summed E-state index contributed by atoms with van der Waals surface area (Å²) < 4.78 is 5.51. The Labute approximate surface area is 128 Å². The molecule has 1 aromatic carbocycles. The molecule has 0 bridgehead atoms. The lowest BCUT2D eigenvalue weighted by Crippen LogP contribution is -2.46. The van der Waals surface area contributed by atoms with Gasteiger partial charge in [-0.05, 0) is 31.0 Å². The Morgan fingerprint density at radius 2 is 2.24 bits per heavy atom. The number of hydrogen-bond acceptors (Lipinski definition) is 4. The van der Waals surface area contributed by atoms with Gasteiger partial charge in [0.05, 0.1) is 5.37 Å². The van der Waals surface area contributed by atoms with Crippen molar-refractivity contribution in [1.29, 1.82) is 0 Å². The van der Waals surface area contributed by atoms with Crippen molar-refractivity contribution in [3.05, 3.63) is 29.8 Å².